The zero-order valence-electron chi connectivity index (χ0n) is 8.73. The fraction of sp³-hybridized carbons (Fsp3) is 0.300. The van der Waals surface area contributed by atoms with Gasteiger partial charge in [-0.05, 0) is 0 Å². The average molecular weight is 234 g/mol. The lowest BCUT2D eigenvalue weighted by Gasteiger charge is -1.87. The molecule has 5 nitrogen and oxygen atoms in total. The van der Waals surface area contributed by atoms with Crippen molar-refractivity contribution in [2.45, 2.75) is 5.16 Å². The Hall–Kier alpha value is -1.58. The Kier molecular flexibility index (Phi) is 3.75. The number of ether oxygens (including phenoxy) is 1. The Morgan fingerprint density at radius 1 is 1.50 bits per heavy atom. The fourth-order valence-corrected chi connectivity index (χ4v) is 1.73. The molecule has 0 saturated heterocycles. The van der Waals surface area contributed by atoms with Gasteiger partial charge in [-0.15, -0.1) is 0 Å². The molecule has 2 rings (SSSR count). The number of nitrogens with one attached hydrogen (secondary N) is 1. The molecule has 0 bridgehead atoms. The van der Waals surface area contributed by atoms with Gasteiger partial charge in [0.25, 0.3) is 0 Å². The minimum Gasteiger partial charge on any atom is -0.372 e. The molecule has 0 saturated carbocycles. The van der Waals surface area contributed by atoms with E-state index in [1.807, 2.05) is 0 Å². The highest BCUT2D eigenvalue weighted by Crippen LogP contribution is 2.16. The molecule has 0 radical (unpaired) electrons. The molecule has 0 aliphatic heterocycles. The van der Waals surface area contributed by atoms with Crippen LogP contribution in [0, 0.1) is 11.8 Å². The maximum atomic E-state index is 4.82. The van der Waals surface area contributed by atoms with Crippen molar-refractivity contribution in [1.82, 2.24) is 19.9 Å². The second kappa shape index (κ2) is 5.49. The van der Waals surface area contributed by atoms with Crippen LogP contribution in [0.2, 0.25) is 0 Å². The average Bonchev–Trinajstić information content (AvgIpc) is 2.71. The van der Waals surface area contributed by atoms with Crippen molar-refractivity contribution in [3.05, 3.63) is 12.5 Å². The van der Waals surface area contributed by atoms with E-state index in [1.54, 1.807) is 13.3 Å². The number of imidazole rings is 1. The van der Waals surface area contributed by atoms with E-state index in [0.29, 0.717) is 18.0 Å². The molecular weight excluding hydrogens is 224 g/mol. The summed E-state index contributed by atoms with van der Waals surface area (Å²) in [6, 6.07) is 0. The van der Waals surface area contributed by atoms with Gasteiger partial charge in [0.1, 0.15) is 18.5 Å². The molecule has 2 aromatic heterocycles. The van der Waals surface area contributed by atoms with Crippen LogP contribution >= 0.6 is 11.8 Å². The molecule has 82 valence electrons. The normalized spacial score (nSPS) is 10.1. The maximum absolute atomic E-state index is 4.82. The highest BCUT2D eigenvalue weighted by Gasteiger charge is 2.02. The summed E-state index contributed by atoms with van der Waals surface area (Å²) in [4.78, 5) is 15.3. The Morgan fingerprint density at radius 2 is 2.44 bits per heavy atom. The molecule has 6 heteroatoms. The molecule has 2 heterocycles. The third kappa shape index (κ3) is 2.72. The second-order valence-electron chi connectivity index (χ2n) is 2.88. The van der Waals surface area contributed by atoms with Gasteiger partial charge < -0.3 is 9.72 Å². The predicted octanol–water partition coefficient (Wildman–Crippen LogP) is 1.09. The van der Waals surface area contributed by atoms with Crippen LogP contribution in [0.4, 0.5) is 0 Å². The van der Waals surface area contributed by atoms with E-state index in [4.69, 9.17) is 4.74 Å². The van der Waals surface area contributed by atoms with Gasteiger partial charge in [-0.2, -0.15) is 0 Å². The summed E-state index contributed by atoms with van der Waals surface area (Å²) in [7, 11) is 1.62. The molecule has 0 aliphatic rings. The van der Waals surface area contributed by atoms with Crippen LogP contribution in [0.5, 0.6) is 0 Å². The van der Waals surface area contributed by atoms with Gasteiger partial charge in [-0.3, -0.25) is 0 Å². The number of methoxy groups -OCH3 is 1. The van der Waals surface area contributed by atoms with Gasteiger partial charge in [0.15, 0.2) is 10.8 Å². The third-order valence-corrected chi connectivity index (χ3v) is 2.52. The zero-order valence-corrected chi connectivity index (χ0v) is 9.54. The number of fused-ring (bicyclic) bond motifs is 1. The first-order valence-corrected chi connectivity index (χ1v) is 5.62. The third-order valence-electron chi connectivity index (χ3n) is 1.76. The lowest BCUT2D eigenvalue weighted by Crippen LogP contribution is -1.82. The molecule has 0 fully saturated rings. The number of aromatic nitrogens is 4. The van der Waals surface area contributed by atoms with E-state index in [1.165, 1.54) is 18.1 Å². The van der Waals surface area contributed by atoms with Crippen LogP contribution in [0.15, 0.2) is 17.7 Å². The SMILES string of the molecule is COCC#CCSc1nc2ncncc2[nH]1. The van der Waals surface area contributed by atoms with Crippen molar-refractivity contribution < 1.29 is 4.74 Å². The van der Waals surface area contributed by atoms with E-state index in [9.17, 15) is 0 Å². The molecule has 1 N–H and O–H groups in total. The lowest BCUT2D eigenvalue weighted by molar-refractivity contribution is 0.240. The summed E-state index contributed by atoms with van der Waals surface area (Å²) in [6.07, 6.45) is 3.19. The molecule has 0 aromatic carbocycles. The smallest absolute Gasteiger partial charge is 0.181 e. The Morgan fingerprint density at radius 3 is 3.25 bits per heavy atom. The minimum atomic E-state index is 0.464. The van der Waals surface area contributed by atoms with Crippen LogP contribution < -0.4 is 0 Å². The van der Waals surface area contributed by atoms with Crippen LogP contribution in [0.3, 0.4) is 0 Å². The van der Waals surface area contributed by atoms with Crippen molar-refractivity contribution >= 4 is 22.9 Å². The number of hydrogen-bond acceptors (Lipinski definition) is 5. The standard InChI is InChI=1S/C10H10N4OS/c1-15-4-2-3-5-16-10-13-8-6-11-7-12-9(8)14-10/h6-7H,4-5H2,1H3,(H,11,12,13,14). The molecule has 0 aliphatic carbocycles. The van der Waals surface area contributed by atoms with Gasteiger partial charge >= 0.3 is 0 Å². The van der Waals surface area contributed by atoms with Crippen molar-refractivity contribution in [2.24, 2.45) is 0 Å². The number of H-pyrrole nitrogens is 1. The number of nitrogens with zero attached hydrogens (tertiary/aromatic N) is 3. The Balaban J connectivity index is 1.98. The first-order valence-electron chi connectivity index (χ1n) is 4.63. The number of rotatable bonds is 3. The molecular formula is C10H10N4OS. The Labute approximate surface area is 97.0 Å². The topological polar surface area (TPSA) is 63.7 Å². The number of aromatic amines is 1. The van der Waals surface area contributed by atoms with Crippen molar-refractivity contribution in [1.29, 1.82) is 0 Å². The molecule has 16 heavy (non-hydrogen) atoms. The van der Waals surface area contributed by atoms with E-state index >= 15 is 0 Å². The maximum Gasteiger partial charge on any atom is 0.181 e. The van der Waals surface area contributed by atoms with Crippen LogP contribution in [-0.2, 0) is 4.74 Å². The van der Waals surface area contributed by atoms with Crippen molar-refractivity contribution in [3.8, 4) is 11.8 Å². The van der Waals surface area contributed by atoms with Crippen LogP contribution in [-0.4, -0.2) is 39.4 Å². The summed E-state index contributed by atoms with van der Waals surface area (Å²) in [5.41, 5.74) is 1.53. The summed E-state index contributed by atoms with van der Waals surface area (Å²) >= 11 is 1.53. The van der Waals surface area contributed by atoms with Crippen molar-refractivity contribution in [3.63, 3.8) is 0 Å². The van der Waals surface area contributed by atoms with Gasteiger partial charge in [-0.1, -0.05) is 23.6 Å². The van der Waals surface area contributed by atoms with Gasteiger partial charge in [0, 0.05) is 7.11 Å². The summed E-state index contributed by atoms with van der Waals surface area (Å²) in [5.74, 6) is 6.52. The monoisotopic (exact) mass is 234 g/mol. The molecule has 0 unspecified atom stereocenters. The summed E-state index contributed by atoms with van der Waals surface area (Å²) in [5, 5.41) is 0.808. The fourth-order valence-electron chi connectivity index (χ4n) is 1.09. The molecule has 2 aromatic rings. The molecule has 0 spiro atoms. The van der Waals surface area contributed by atoms with Crippen LogP contribution in [0.25, 0.3) is 11.2 Å². The highest BCUT2D eigenvalue weighted by molar-refractivity contribution is 7.99. The summed E-state index contributed by atoms with van der Waals surface area (Å²) < 4.78 is 4.82. The number of thioether (sulfide) groups is 1. The highest BCUT2D eigenvalue weighted by atomic mass is 32.2. The quantitative estimate of drug-likeness (QED) is 0.636. The second-order valence-corrected chi connectivity index (χ2v) is 3.84. The van der Waals surface area contributed by atoms with E-state index in [0.717, 1.165) is 10.7 Å². The minimum absolute atomic E-state index is 0.464. The van der Waals surface area contributed by atoms with E-state index in [2.05, 4.69) is 31.8 Å². The molecule has 0 atom stereocenters. The van der Waals surface area contributed by atoms with Gasteiger partial charge in [0.2, 0.25) is 0 Å². The first-order chi connectivity index (χ1) is 7.90. The Bertz CT molecular complexity index is 495. The van der Waals surface area contributed by atoms with Gasteiger partial charge in [0.05, 0.1) is 11.9 Å². The van der Waals surface area contributed by atoms with Crippen molar-refractivity contribution in [2.75, 3.05) is 19.5 Å². The largest absolute Gasteiger partial charge is 0.372 e. The zero-order chi connectivity index (χ0) is 11.2. The van der Waals surface area contributed by atoms with E-state index in [-0.39, 0.29) is 0 Å². The first kappa shape index (κ1) is 10.9. The number of hydrogen-bond donors (Lipinski definition) is 1. The van der Waals surface area contributed by atoms with Gasteiger partial charge in [-0.25, -0.2) is 15.0 Å². The predicted molar refractivity (Wildman–Crippen MR) is 62.1 cm³/mol. The van der Waals surface area contributed by atoms with E-state index < -0.39 is 0 Å². The molecule has 0 amide bonds. The lowest BCUT2D eigenvalue weighted by atomic mass is 10.6. The summed E-state index contributed by atoms with van der Waals surface area (Å²) in [6.45, 7) is 0.464. The van der Waals surface area contributed by atoms with Crippen LogP contribution in [0.1, 0.15) is 0 Å².